The van der Waals surface area contributed by atoms with E-state index in [4.69, 9.17) is 9.47 Å². The lowest BCUT2D eigenvalue weighted by atomic mass is 9.76. The van der Waals surface area contributed by atoms with Gasteiger partial charge < -0.3 is 14.6 Å². The SMILES string of the molecule is Cc1cc(C(c2ccc3ccc(C(c4cc(C)c(N=O)c(C)c4C)c4cc(C)c(OC(C)OC5CCCCC5)c(C)c4C)cc3c2)c2cc(C)c(N=O)c(C)c2C)c(C)c(C)c1O. The second-order valence-electron chi connectivity index (χ2n) is 18.5. The molecular weight excluding hydrogens is 781 g/mol. The third-order valence-corrected chi connectivity index (χ3v) is 14.6. The third kappa shape index (κ3) is 8.45. The van der Waals surface area contributed by atoms with Gasteiger partial charge in [-0.25, -0.2) is 0 Å². The molecule has 1 saturated carbocycles. The van der Waals surface area contributed by atoms with E-state index in [2.05, 4.69) is 113 Å². The quantitative estimate of drug-likeness (QED) is 0.0752. The van der Waals surface area contributed by atoms with Gasteiger partial charge in [0.25, 0.3) is 0 Å². The number of fused-ring (bicyclic) bond motifs is 1. The van der Waals surface area contributed by atoms with E-state index in [1.54, 1.807) is 0 Å². The Morgan fingerprint density at radius 1 is 0.508 bits per heavy atom. The van der Waals surface area contributed by atoms with Crippen molar-refractivity contribution in [3.8, 4) is 11.5 Å². The zero-order valence-corrected chi connectivity index (χ0v) is 39.6. The summed E-state index contributed by atoms with van der Waals surface area (Å²) >= 11 is 0. The molecule has 0 saturated heterocycles. The van der Waals surface area contributed by atoms with Crippen LogP contribution in [0.3, 0.4) is 0 Å². The van der Waals surface area contributed by atoms with Crippen molar-refractivity contribution in [2.45, 2.75) is 146 Å². The van der Waals surface area contributed by atoms with Crippen LogP contribution in [0, 0.1) is 92.9 Å². The number of nitroso groups, excluding NO2 is 2. The zero-order chi connectivity index (χ0) is 45.6. The molecular formula is C56H64N2O5. The van der Waals surface area contributed by atoms with Crippen LogP contribution in [0.4, 0.5) is 11.4 Å². The fourth-order valence-corrected chi connectivity index (χ4v) is 10.4. The first kappa shape index (κ1) is 45.4. The predicted octanol–water partition coefficient (Wildman–Crippen LogP) is 15.5. The second-order valence-corrected chi connectivity index (χ2v) is 18.5. The lowest BCUT2D eigenvalue weighted by Gasteiger charge is -2.29. The van der Waals surface area contributed by atoms with E-state index >= 15 is 0 Å². The normalized spacial score (nSPS) is 14.7. The van der Waals surface area contributed by atoms with E-state index in [0.717, 1.165) is 124 Å². The van der Waals surface area contributed by atoms with Gasteiger partial charge in [-0.1, -0.05) is 79.9 Å². The number of aromatic hydroxyl groups is 1. The Hall–Kier alpha value is -5.66. The number of ether oxygens (including phenoxy) is 2. The maximum absolute atomic E-state index is 12.1. The van der Waals surface area contributed by atoms with E-state index in [0.29, 0.717) is 17.1 Å². The van der Waals surface area contributed by atoms with Gasteiger partial charge in [0, 0.05) is 11.8 Å². The molecule has 7 nitrogen and oxygen atoms in total. The molecule has 0 heterocycles. The Labute approximate surface area is 374 Å². The lowest BCUT2D eigenvalue weighted by molar-refractivity contribution is -0.117. The van der Waals surface area contributed by atoms with Gasteiger partial charge in [0.05, 0.1) is 6.10 Å². The molecule has 0 amide bonds. The number of nitrogens with zero attached hydrogens (tertiary/aromatic N) is 2. The molecule has 0 spiro atoms. The summed E-state index contributed by atoms with van der Waals surface area (Å²) in [5.41, 5.74) is 19.3. The maximum atomic E-state index is 12.1. The minimum atomic E-state index is -0.365. The Bertz CT molecular complexity index is 2780. The first-order valence-electron chi connectivity index (χ1n) is 22.6. The van der Waals surface area contributed by atoms with Gasteiger partial charge in [-0.2, -0.15) is 0 Å². The van der Waals surface area contributed by atoms with E-state index in [9.17, 15) is 14.9 Å². The summed E-state index contributed by atoms with van der Waals surface area (Å²) < 4.78 is 13.0. The summed E-state index contributed by atoms with van der Waals surface area (Å²) in [5.74, 6) is 0.819. The average Bonchev–Trinajstić information content (AvgIpc) is 3.26. The zero-order valence-electron chi connectivity index (χ0n) is 39.6. The number of phenols is 1. The molecule has 6 aromatic rings. The van der Waals surface area contributed by atoms with Crippen LogP contribution in [0.25, 0.3) is 10.8 Å². The van der Waals surface area contributed by atoms with Crippen molar-refractivity contribution in [2.75, 3.05) is 0 Å². The van der Waals surface area contributed by atoms with E-state index in [1.807, 2.05) is 48.5 Å². The van der Waals surface area contributed by atoms with Crippen molar-refractivity contribution in [1.82, 2.24) is 0 Å². The predicted molar refractivity (Wildman–Crippen MR) is 259 cm³/mol. The van der Waals surface area contributed by atoms with Crippen LogP contribution in [0.2, 0.25) is 0 Å². The fourth-order valence-electron chi connectivity index (χ4n) is 10.4. The Morgan fingerprint density at radius 2 is 0.937 bits per heavy atom. The highest BCUT2D eigenvalue weighted by Gasteiger charge is 2.29. The topological polar surface area (TPSA) is 97.5 Å². The lowest BCUT2D eigenvalue weighted by Crippen LogP contribution is -2.26. The Balaban J connectivity index is 1.43. The average molecular weight is 845 g/mol. The molecule has 3 unspecified atom stereocenters. The van der Waals surface area contributed by atoms with Crippen LogP contribution >= 0.6 is 0 Å². The van der Waals surface area contributed by atoms with Gasteiger partial charge in [0.2, 0.25) is 0 Å². The molecule has 7 heteroatoms. The number of benzene rings is 6. The molecule has 0 bridgehead atoms. The highest BCUT2D eigenvalue weighted by molar-refractivity contribution is 5.85. The van der Waals surface area contributed by atoms with Crippen molar-refractivity contribution in [1.29, 1.82) is 0 Å². The molecule has 328 valence electrons. The van der Waals surface area contributed by atoms with Crippen LogP contribution < -0.4 is 4.74 Å². The molecule has 0 aromatic heterocycles. The molecule has 1 aliphatic carbocycles. The standard InChI is InChI=1S/C56H64N2O5/c1-29-23-47(33(5)37(9)53(29)57-60)51(49-25-31(3)55(59)39(11)35(49)7)43-21-19-42-20-22-44(28-45(42)27-43)52(48-24-30(2)54(58-61)38(10)34(48)6)50-26-32(4)56(40(12)36(50)8)63-41(13)62-46-17-15-14-16-18-46/h19-28,41,46,51-52,59H,14-18H2,1-13H3. The molecule has 3 atom stereocenters. The Kier molecular flexibility index (Phi) is 13.1. The summed E-state index contributed by atoms with van der Waals surface area (Å²) in [6.45, 7) is 26.6. The van der Waals surface area contributed by atoms with Gasteiger partial charge in [-0.05, 0) is 224 Å². The minimum Gasteiger partial charge on any atom is -0.507 e. The van der Waals surface area contributed by atoms with Crippen molar-refractivity contribution < 1.29 is 14.6 Å². The van der Waals surface area contributed by atoms with Gasteiger partial charge in [0.15, 0.2) is 6.29 Å². The van der Waals surface area contributed by atoms with Gasteiger partial charge >= 0.3 is 0 Å². The molecule has 0 aliphatic heterocycles. The van der Waals surface area contributed by atoms with E-state index in [-0.39, 0.29) is 24.2 Å². The molecule has 1 aliphatic rings. The van der Waals surface area contributed by atoms with Crippen LogP contribution in [0.15, 0.2) is 71.0 Å². The van der Waals surface area contributed by atoms with E-state index < -0.39 is 0 Å². The van der Waals surface area contributed by atoms with Gasteiger partial charge in [0.1, 0.15) is 22.9 Å². The second kappa shape index (κ2) is 18.2. The van der Waals surface area contributed by atoms with Crippen LogP contribution in [0.1, 0.15) is 151 Å². The Morgan fingerprint density at radius 3 is 1.41 bits per heavy atom. The number of aryl methyl sites for hydroxylation is 4. The first-order valence-corrected chi connectivity index (χ1v) is 22.6. The summed E-state index contributed by atoms with van der Waals surface area (Å²) in [5, 5.41) is 20.1. The van der Waals surface area contributed by atoms with Gasteiger partial charge in [-0.3, -0.25) is 0 Å². The summed E-state index contributed by atoms with van der Waals surface area (Å²) in [6, 6.07) is 22.2. The number of hydrogen-bond acceptors (Lipinski definition) is 7. The first-order chi connectivity index (χ1) is 30.0. The minimum absolute atomic E-state index is 0.171. The largest absolute Gasteiger partial charge is 0.507 e. The smallest absolute Gasteiger partial charge is 0.197 e. The van der Waals surface area contributed by atoms with Crippen molar-refractivity contribution >= 4 is 22.1 Å². The highest BCUT2D eigenvalue weighted by atomic mass is 16.7. The molecule has 0 radical (unpaired) electrons. The highest BCUT2D eigenvalue weighted by Crippen LogP contribution is 2.46. The maximum Gasteiger partial charge on any atom is 0.197 e. The third-order valence-electron chi connectivity index (χ3n) is 14.6. The number of phenolic OH excluding ortho intramolecular Hbond substituents is 1. The van der Waals surface area contributed by atoms with Crippen molar-refractivity contribution in [3.63, 3.8) is 0 Å². The van der Waals surface area contributed by atoms with Crippen molar-refractivity contribution in [2.24, 2.45) is 10.4 Å². The van der Waals surface area contributed by atoms with Crippen LogP contribution in [-0.4, -0.2) is 17.5 Å². The monoisotopic (exact) mass is 844 g/mol. The molecule has 7 rings (SSSR count). The molecule has 6 aromatic carbocycles. The summed E-state index contributed by atoms with van der Waals surface area (Å²) in [6.07, 6.45) is 5.71. The van der Waals surface area contributed by atoms with Crippen LogP contribution in [0.5, 0.6) is 11.5 Å². The molecule has 63 heavy (non-hydrogen) atoms. The van der Waals surface area contributed by atoms with Gasteiger partial charge in [-0.15, -0.1) is 9.81 Å². The summed E-state index contributed by atoms with van der Waals surface area (Å²) in [4.78, 5) is 24.1. The van der Waals surface area contributed by atoms with Crippen molar-refractivity contribution in [3.05, 3.63) is 171 Å². The number of hydrogen-bond donors (Lipinski definition) is 1. The number of rotatable bonds is 12. The molecule has 1 N–H and O–H groups in total. The van der Waals surface area contributed by atoms with Crippen LogP contribution in [-0.2, 0) is 4.74 Å². The van der Waals surface area contributed by atoms with E-state index in [1.165, 1.54) is 24.8 Å². The summed E-state index contributed by atoms with van der Waals surface area (Å²) in [7, 11) is 0. The fraction of sp³-hybridized carbons (Fsp3) is 0.393. The molecule has 1 fully saturated rings.